The van der Waals surface area contributed by atoms with Crippen molar-refractivity contribution < 1.29 is 14.2 Å². The number of methoxy groups -OCH3 is 1. The van der Waals surface area contributed by atoms with E-state index in [2.05, 4.69) is 5.32 Å². The highest BCUT2D eigenvalue weighted by molar-refractivity contribution is 6.32. The molecule has 4 nitrogen and oxygen atoms in total. The van der Waals surface area contributed by atoms with E-state index in [1.165, 1.54) is 0 Å². The highest BCUT2D eigenvalue weighted by Crippen LogP contribution is 2.37. The molecular formula is C20H26ClNO3. The van der Waals surface area contributed by atoms with Crippen LogP contribution in [-0.2, 0) is 17.9 Å². The first-order valence-electron chi connectivity index (χ1n) is 8.56. The Morgan fingerprint density at radius 2 is 1.84 bits per heavy atom. The first-order chi connectivity index (χ1) is 12.2. The third-order valence-corrected chi connectivity index (χ3v) is 3.91. The lowest BCUT2D eigenvalue weighted by molar-refractivity contribution is 0.194. The van der Waals surface area contributed by atoms with Gasteiger partial charge in [0, 0.05) is 20.3 Å². The first kappa shape index (κ1) is 19.6. The van der Waals surface area contributed by atoms with Crippen LogP contribution in [0.2, 0.25) is 5.02 Å². The first-order valence-corrected chi connectivity index (χ1v) is 8.94. The summed E-state index contributed by atoms with van der Waals surface area (Å²) < 4.78 is 16.7. The van der Waals surface area contributed by atoms with Gasteiger partial charge in [-0.2, -0.15) is 0 Å². The zero-order chi connectivity index (χ0) is 17.9. The number of halogens is 1. The summed E-state index contributed by atoms with van der Waals surface area (Å²) in [4.78, 5) is 0. The summed E-state index contributed by atoms with van der Waals surface area (Å²) in [6.45, 7) is 5.33. The van der Waals surface area contributed by atoms with Gasteiger partial charge in [0.25, 0.3) is 0 Å². The maximum Gasteiger partial charge on any atom is 0.180 e. The minimum Gasteiger partial charge on any atom is -0.490 e. The summed E-state index contributed by atoms with van der Waals surface area (Å²) in [7, 11) is 1.71. The van der Waals surface area contributed by atoms with Crippen LogP contribution in [0.5, 0.6) is 11.5 Å². The zero-order valence-corrected chi connectivity index (χ0v) is 15.6. The van der Waals surface area contributed by atoms with Crippen LogP contribution in [0.3, 0.4) is 0 Å². The molecule has 0 amide bonds. The van der Waals surface area contributed by atoms with Gasteiger partial charge in [0.15, 0.2) is 11.5 Å². The Bertz CT molecular complexity index is 634. The Morgan fingerprint density at radius 3 is 2.56 bits per heavy atom. The van der Waals surface area contributed by atoms with E-state index in [0.717, 1.165) is 37.2 Å². The van der Waals surface area contributed by atoms with E-state index in [1.807, 2.05) is 49.4 Å². The van der Waals surface area contributed by atoms with Crippen molar-refractivity contribution in [3.05, 3.63) is 58.6 Å². The lowest BCUT2D eigenvalue weighted by Gasteiger charge is -2.15. The minimum atomic E-state index is 0.454. The molecule has 0 aliphatic heterocycles. The van der Waals surface area contributed by atoms with Crippen molar-refractivity contribution in [3.8, 4) is 11.5 Å². The summed E-state index contributed by atoms with van der Waals surface area (Å²) in [6.07, 6.45) is 0.973. The van der Waals surface area contributed by atoms with Crippen LogP contribution >= 0.6 is 11.6 Å². The van der Waals surface area contributed by atoms with Crippen molar-refractivity contribution in [1.82, 2.24) is 5.32 Å². The van der Waals surface area contributed by atoms with Gasteiger partial charge in [-0.15, -0.1) is 0 Å². The molecule has 0 aromatic heterocycles. The molecular weight excluding hydrogens is 338 g/mol. The summed E-state index contributed by atoms with van der Waals surface area (Å²) in [5, 5.41) is 3.94. The summed E-state index contributed by atoms with van der Waals surface area (Å²) in [6, 6.07) is 13.9. The predicted octanol–water partition coefficient (Wildman–Crippen LogP) is 4.44. The van der Waals surface area contributed by atoms with Gasteiger partial charge in [-0.3, -0.25) is 0 Å². The third-order valence-electron chi connectivity index (χ3n) is 3.63. The predicted molar refractivity (Wildman–Crippen MR) is 102 cm³/mol. The van der Waals surface area contributed by atoms with Crippen molar-refractivity contribution in [3.63, 3.8) is 0 Å². The third kappa shape index (κ3) is 6.58. The molecule has 2 rings (SSSR count). The van der Waals surface area contributed by atoms with Crippen LogP contribution in [0.15, 0.2) is 42.5 Å². The average Bonchev–Trinajstić information content (AvgIpc) is 2.62. The lowest BCUT2D eigenvalue weighted by Crippen LogP contribution is -2.16. The van der Waals surface area contributed by atoms with Crippen LogP contribution in [0, 0.1) is 0 Å². The Balaban J connectivity index is 2.03. The number of hydrogen-bond acceptors (Lipinski definition) is 4. The van der Waals surface area contributed by atoms with Gasteiger partial charge in [-0.25, -0.2) is 0 Å². The molecule has 25 heavy (non-hydrogen) atoms. The molecule has 0 aliphatic rings. The fraction of sp³-hybridized carbons (Fsp3) is 0.400. The topological polar surface area (TPSA) is 39.7 Å². The second-order valence-corrected chi connectivity index (χ2v) is 6.04. The molecule has 5 heteroatoms. The molecule has 0 radical (unpaired) electrons. The molecule has 0 bridgehead atoms. The van der Waals surface area contributed by atoms with E-state index in [1.54, 1.807) is 7.11 Å². The number of rotatable bonds is 11. The van der Waals surface area contributed by atoms with Crippen LogP contribution in [0.4, 0.5) is 0 Å². The van der Waals surface area contributed by atoms with Gasteiger partial charge in [0.1, 0.15) is 6.61 Å². The quantitative estimate of drug-likeness (QED) is 0.599. The number of benzene rings is 2. The van der Waals surface area contributed by atoms with Crippen molar-refractivity contribution in [2.24, 2.45) is 0 Å². The Kier molecular flexibility index (Phi) is 8.60. The fourth-order valence-corrected chi connectivity index (χ4v) is 2.72. The molecule has 2 aromatic carbocycles. The van der Waals surface area contributed by atoms with Crippen LogP contribution in [0.1, 0.15) is 24.5 Å². The average molecular weight is 364 g/mol. The van der Waals surface area contributed by atoms with Crippen LogP contribution < -0.4 is 14.8 Å². The molecule has 0 saturated carbocycles. The van der Waals surface area contributed by atoms with Crippen LogP contribution in [0.25, 0.3) is 0 Å². The number of hydrogen-bond donors (Lipinski definition) is 1. The fourth-order valence-electron chi connectivity index (χ4n) is 2.43. The highest BCUT2D eigenvalue weighted by Gasteiger charge is 2.13. The number of ether oxygens (including phenoxy) is 3. The molecule has 2 aromatic rings. The molecule has 0 heterocycles. The van der Waals surface area contributed by atoms with Gasteiger partial charge in [-0.05, 0) is 43.1 Å². The van der Waals surface area contributed by atoms with E-state index < -0.39 is 0 Å². The SMILES string of the molecule is CCOc1cc(CNCCCOC)cc(Cl)c1OCc1ccccc1. The van der Waals surface area contributed by atoms with Gasteiger partial charge >= 0.3 is 0 Å². The minimum absolute atomic E-state index is 0.454. The second-order valence-electron chi connectivity index (χ2n) is 5.64. The van der Waals surface area contributed by atoms with Crippen molar-refractivity contribution in [1.29, 1.82) is 0 Å². The Hall–Kier alpha value is -1.75. The van der Waals surface area contributed by atoms with E-state index in [-0.39, 0.29) is 0 Å². The highest BCUT2D eigenvalue weighted by atomic mass is 35.5. The molecule has 0 unspecified atom stereocenters. The summed E-state index contributed by atoms with van der Waals surface area (Å²) >= 11 is 6.45. The molecule has 0 saturated heterocycles. The molecule has 0 aliphatic carbocycles. The smallest absolute Gasteiger partial charge is 0.180 e. The largest absolute Gasteiger partial charge is 0.490 e. The van der Waals surface area contributed by atoms with Gasteiger partial charge in [0.2, 0.25) is 0 Å². The molecule has 0 spiro atoms. The second kappa shape index (κ2) is 11.0. The van der Waals surface area contributed by atoms with E-state index in [4.69, 9.17) is 25.8 Å². The van der Waals surface area contributed by atoms with Crippen molar-refractivity contribution in [2.75, 3.05) is 26.9 Å². The maximum atomic E-state index is 6.45. The Morgan fingerprint density at radius 1 is 1.04 bits per heavy atom. The standard InChI is InChI=1S/C20H26ClNO3/c1-3-24-19-13-17(14-22-10-7-11-23-2)12-18(21)20(19)25-15-16-8-5-4-6-9-16/h4-6,8-9,12-13,22H,3,7,10-11,14-15H2,1-2H3. The lowest BCUT2D eigenvalue weighted by atomic mass is 10.2. The number of nitrogens with one attached hydrogen (secondary N) is 1. The molecule has 136 valence electrons. The van der Waals surface area contributed by atoms with Gasteiger partial charge in [0.05, 0.1) is 11.6 Å². The van der Waals surface area contributed by atoms with Gasteiger partial charge < -0.3 is 19.5 Å². The van der Waals surface area contributed by atoms with E-state index in [0.29, 0.717) is 29.7 Å². The summed E-state index contributed by atoms with van der Waals surface area (Å²) in [5.41, 5.74) is 2.16. The zero-order valence-electron chi connectivity index (χ0n) is 14.9. The van der Waals surface area contributed by atoms with Crippen molar-refractivity contribution in [2.45, 2.75) is 26.5 Å². The van der Waals surface area contributed by atoms with Gasteiger partial charge in [-0.1, -0.05) is 41.9 Å². The normalized spacial score (nSPS) is 10.7. The van der Waals surface area contributed by atoms with Crippen LogP contribution in [-0.4, -0.2) is 26.9 Å². The molecule has 0 atom stereocenters. The molecule has 1 N–H and O–H groups in total. The van der Waals surface area contributed by atoms with Crippen molar-refractivity contribution >= 4 is 11.6 Å². The molecule has 0 fully saturated rings. The maximum absolute atomic E-state index is 6.45. The van der Waals surface area contributed by atoms with E-state index >= 15 is 0 Å². The summed E-state index contributed by atoms with van der Waals surface area (Å²) in [5.74, 6) is 1.27. The Labute approximate surface area is 155 Å². The monoisotopic (exact) mass is 363 g/mol. The van der Waals surface area contributed by atoms with E-state index in [9.17, 15) is 0 Å².